The number of aromatic amines is 1. The van der Waals surface area contributed by atoms with Gasteiger partial charge in [0.15, 0.2) is 5.82 Å². The minimum absolute atomic E-state index is 0.0647. The Bertz CT molecular complexity index is 876. The van der Waals surface area contributed by atoms with E-state index in [4.69, 9.17) is 0 Å². The lowest BCUT2D eigenvalue weighted by atomic mass is 10.2. The molecule has 0 radical (unpaired) electrons. The summed E-state index contributed by atoms with van der Waals surface area (Å²) >= 11 is 0. The van der Waals surface area contributed by atoms with E-state index < -0.39 is 15.9 Å². The second-order valence-electron chi connectivity index (χ2n) is 5.13. The summed E-state index contributed by atoms with van der Waals surface area (Å²) in [7, 11) is -1.75. The van der Waals surface area contributed by atoms with Crippen LogP contribution in [-0.4, -0.2) is 55.0 Å². The lowest BCUT2D eigenvalue weighted by Crippen LogP contribution is -2.32. The molecule has 2 N–H and O–H groups in total. The number of fused-ring (bicyclic) bond motifs is 1. The van der Waals surface area contributed by atoms with Crippen molar-refractivity contribution in [1.29, 1.82) is 0 Å². The molecule has 1 amide bonds. The summed E-state index contributed by atoms with van der Waals surface area (Å²) in [4.78, 5) is 30.4. The molecule has 1 aromatic carbocycles. The van der Waals surface area contributed by atoms with Crippen LogP contribution >= 0.6 is 0 Å². The largest absolute Gasteiger partial charge is 0.349 e. The molecule has 0 aliphatic heterocycles. The minimum Gasteiger partial charge on any atom is -0.349 e. The Morgan fingerprint density at radius 2 is 2.04 bits per heavy atom. The second-order valence-corrected chi connectivity index (χ2v) is 7.22. The molecule has 0 fully saturated rings. The summed E-state index contributed by atoms with van der Waals surface area (Å²) in [6.07, 6.45) is 1.57. The second kappa shape index (κ2) is 6.88. The van der Waals surface area contributed by atoms with Gasteiger partial charge in [0, 0.05) is 20.1 Å². The number of carbonyl (C=O) groups is 1. The van der Waals surface area contributed by atoms with E-state index in [0.717, 1.165) is 6.26 Å². The quantitative estimate of drug-likeness (QED) is 0.716. The molecular weight excluding hydrogens is 320 g/mol. The van der Waals surface area contributed by atoms with Gasteiger partial charge in [0.25, 0.3) is 11.5 Å². The maximum absolute atomic E-state index is 12.0. The van der Waals surface area contributed by atoms with Crippen LogP contribution in [-0.2, 0) is 10.0 Å². The van der Waals surface area contributed by atoms with E-state index >= 15 is 0 Å². The van der Waals surface area contributed by atoms with E-state index in [1.807, 2.05) is 0 Å². The highest BCUT2D eigenvalue weighted by molar-refractivity contribution is 7.88. The number of carbonyl (C=O) groups excluding carboxylic acids is 1. The summed E-state index contributed by atoms with van der Waals surface area (Å²) in [5.74, 6) is -0.569. The van der Waals surface area contributed by atoms with Crippen molar-refractivity contribution in [3.05, 3.63) is 40.4 Å². The molecule has 0 aliphatic rings. The van der Waals surface area contributed by atoms with Gasteiger partial charge in [-0.25, -0.2) is 17.7 Å². The fraction of sp³-hybridized carbons (Fsp3) is 0.357. The normalized spacial score (nSPS) is 11.8. The zero-order chi connectivity index (χ0) is 17.0. The molecule has 0 spiro atoms. The third-order valence-electron chi connectivity index (χ3n) is 3.33. The Hall–Kier alpha value is -2.26. The third kappa shape index (κ3) is 4.36. The van der Waals surface area contributed by atoms with Gasteiger partial charge in [-0.15, -0.1) is 0 Å². The fourth-order valence-corrected chi connectivity index (χ4v) is 2.41. The van der Waals surface area contributed by atoms with E-state index in [1.54, 1.807) is 24.3 Å². The Morgan fingerprint density at radius 3 is 2.74 bits per heavy atom. The molecule has 0 saturated carbocycles. The van der Waals surface area contributed by atoms with Crippen LogP contribution in [0.4, 0.5) is 0 Å². The Morgan fingerprint density at radius 1 is 1.35 bits per heavy atom. The van der Waals surface area contributed by atoms with Crippen molar-refractivity contribution in [2.24, 2.45) is 0 Å². The summed E-state index contributed by atoms with van der Waals surface area (Å²) in [5, 5.41) is 3.02. The van der Waals surface area contributed by atoms with Crippen LogP contribution in [0, 0.1) is 0 Å². The van der Waals surface area contributed by atoms with E-state index in [1.165, 1.54) is 11.4 Å². The molecule has 1 aromatic heterocycles. The van der Waals surface area contributed by atoms with Crippen molar-refractivity contribution >= 4 is 26.8 Å². The molecule has 124 valence electrons. The highest BCUT2D eigenvalue weighted by atomic mass is 32.2. The molecule has 1 heterocycles. The highest BCUT2D eigenvalue weighted by Gasteiger charge is 2.12. The van der Waals surface area contributed by atoms with E-state index in [-0.39, 0.29) is 17.9 Å². The first-order chi connectivity index (χ1) is 10.8. The molecule has 0 atom stereocenters. The average molecular weight is 338 g/mol. The number of para-hydroxylation sites is 1. The number of benzene rings is 1. The monoisotopic (exact) mass is 338 g/mol. The summed E-state index contributed by atoms with van der Waals surface area (Å²) in [6.45, 7) is 0.565. The first-order valence-electron chi connectivity index (χ1n) is 6.97. The number of H-pyrrole nitrogens is 1. The molecule has 8 nitrogen and oxygen atoms in total. The number of nitrogens with zero attached hydrogens (tertiary/aromatic N) is 2. The lowest BCUT2D eigenvalue weighted by Gasteiger charge is -2.13. The SMILES string of the molecule is CN(CCCNC(=O)c1nc2ccccc2c(=O)[nH]1)S(C)(=O)=O. The van der Waals surface area contributed by atoms with Gasteiger partial charge in [-0.3, -0.25) is 9.59 Å². The summed E-state index contributed by atoms with van der Waals surface area (Å²) in [6, 6.07) is 6.74. The molecule has 0 unspecified atom stereocenters. The van der Waals surface area contributed by atoms with Crippen LogP contribution in [0.15, 0.2) is 29.1 Å². The van der Waals surface area contributed by atoms with E-state index in [9.17, 15) is 18.0 Å². The van der Waals surface area contributed by atoms with Gasteiger partial charge in [-0.05, 0) is 18.6 Å². The molecule has 0 bridgehead atoms. The third-order valence-corrected chi connectivity index (χ3v) is 4.64. The van der Waals surface area contributed by atoms with Crippen molar-refractivity contribution in [2.75, 3.05) is 26.4 Å². The summed E-state index contributed by atoms with van der Waals surface area (Å²) < 4.78 is 23.7. The Labute approximate surface area is 133 Å². The number of amides is 1. The molecule has 2 rings (SSSR count). The van der Waals surface area contributed by atoms with Gasteiger partial charge in [-0.1, -0.05) is 12.1 Å². The Kier molecular flexibility index (Phi) is 5.12. The zero-order valence-electron chi connectivity index (χ0n) is 12.9. The topological polar surface area (TPSA) is 112 Å². The van der Waals surface area contributed by atoms with Crippen molar-refractivity contribution < 1.29 is 13.2 Å². The molecule has 0 saturated heterocycles. The van der Waals surface area contributed by atoms with Gasteiger partial charge < -0.3 is 10.3 Å². The van der Waals surface area contributed by atoms with Crippen molar-refractivity contribution in [1.82, 2.24) is 19.6 Å². The molecule has 9 heteroatoms. The van der Waals surface area contributed by atoms with E-state index in [2.05, 4.69) is 15.3 Å². The maximum atomic E-state index is 12.0. The van der Waals surface area contributed by atoms with E-state index in [0.29, 0.717) is 23.9 Å². The van der Waals surface area contributed by atoms with Gasteiger partial charge in [0.05, 0.1) is 17.2 Å². The molecule has 0 aliphatic carbocycles. The number of nitrogens with one attached hydrogen (secondary N) is 2. The van der Waals surface area contributed by atoms with Crippen LogP contribution in [0.5, 0.6) is 0 Å². The number of hydrogen-bond donors (Lipinski definition) is 2. The average Bonchev–Trinajstić information content (AvgIpc) is 2.50. The zero-order valence-corrected chi connectivity index (χ0v) is 13.7. The van der Waals surface area contributed by atoms with Gasteiger partial charge in [0.2, 0.25) is 10.0 Å². The highest BCUT2D eigenvalue weighted by Crippen LogP contribution is 2.05. The predicted molar refractivity (Wildman–Crippen MR) is 86.8 cm³/mol. The van der Waals surface area contributed by atoms with Crippen LogP contribution < -0.4 is 10.9 Å². The van der Waals surface area contributed by atoms with Crippen molar-refractivity contribution in [3.63, 3.8) is 0 Å². The number of hydrogen-bond acceptors (Lipinski definition) is 5. The number of rotatable bonds is 6. The summed E-state index contributed by atoms with van der Waals surface area (Å²) in [5.41, 5.74) is 0.0655. The Balaban J connectivity index is 1.98. The van der Waals surface area contributed by atoms with Gasteiger partial charge in [0.1, 0.15) is 0 Å². The van der Waals surface area contributed by atoms with Gasteiger partial charge >= 0.3 is 0 Å². The van der Waals surface area contributed by atoms with Crippen molar-refractivity contribution in [2.45, 2.75) is 6.42 Å². The maximum Gasteiger partial charge on any atom is 0.287 e. The fourth-order valence-electron chi connectivity index (χ4n) is 1.95. The first-order valence-corrected chi connectivity index (χ1v) is 8.82. The molecule has 2 aromatic rings. The van der Waals surface area contributed by atoms with Gasteiger partial charge in [-0.2, -0.15) is 0 Å². The number of sulfonamides is 1. The minimum atomic E-state index is -3.22. The van der Waals surface area contributed by atoms with Crippen LogP contribution in [0.25, 0.3) is 10.9 Å². The predicted octanol–water partition coefficient (Wildman–Crippen LogP) is -0.0656. The molecular formula is C14H18N4O4S. The standard InChI is InChI=1S/C14H18N4O4S/c1-18(23(2,21)22)9-5-8-15-14(20)12-16-11-7-4-3-6-10(11)13(19)17-12/h3-4,6-7H,5,8-9H2,1-2H3,(H,15,20)(H,16,17,19). The smallest absolute Gasteiger partial charge is 0.287 e. The lowest BCUT2D eigenvalue weighted by molar-refractivity contribution is 0.0942. The van der Waals surface area contributed by atoms with Crippen LogP contribution in [0.2, 0.25) is 0 Å². The van der Waals surface area contributed by atoms with Crippen LogP contribution in [0.3, 0.4) is 0 Å². The van der Waals surface area contributed by atoms with Crippen molar-refractivity contribution in [3.8, 4) is 0 Å². The molecule has 23 heavy (non-hydrogen) atoms. The van der Waals surface area contributed by atoms with Crippen LogP contribution in [0.1, 0.15) is 17.0 Å². The number of aromatic nitrogens is 2. The first kappa shape index (κ1) is 17.1.